The summed E-state index contributed by atoms with van der Waals surface area (Å²) in [6.45, 7) is 6.69. The average molecular weight is 286 g/mol. The summed E-state index contributed by atoms with van der Waals surface area (Å²) >= 11 is 0. The molecular formula is C19H26O2. The highest BCUT2D eigenvalue weighted by Gasteiger charge is 2.49. The molecule has 2 bridgehead atoms. The lowest BCUT2D eigenvalue weighted by Gasteiger charge is -2.31. The first-order valence-electron chi connectivity index (χ1n) is 8.30. The second-order valence-electron chi connectivity index (χ2n) is 7.12. The Morgan fingerprint density at radius 3 is 2.52 bits per heavy atom. The Bertz CT molecular complexity index is 494. The topological polar surface area (TPSA) is 26.3 Å². The Balaban J connectivity index is 1.54. The Hall–Kier alpha value is -1.31. The van der Waals surface area contributed by atoms with E-state index in [1.807, 2.05) is 37.3 Å². The number of carbonyl (C=O) groups is 1. The molecule has 2 aliphatic carbocycles. The Kier molecular flexibility index (Phi) is 4.05. The van der Waals surface area contributed by atoms with Crippen LogP contribution in [0.25, 0.3) is 0 Å². The molecule has 3 rings (SSSR count). The first kappa shape index (κ1) is 14.6. The van der Waals surface area contributed by atoms with Crippen LogP contribution in [0.15, 0.2) is 30.3 Å². The fourth-order valence-electron chi connectivity index (χ4n) is 4.58. The predicted octanol–water partition coefficient (Wildman–Crippen LogP) is 4.61. The van der Waals surface area contributed by atoms with Crippen LogP contribution < -0.4 is 0 Å². The highest BCUT2D eigenvalue weighted by atomic mass is 16.5. The number of hydrogen-bond donors (Lipinski definition) is 0. The number of ether oxygens (including phenoxy) is 1. The van der Waals surface area contributed by atoms with Gasteiger partial charge in [0.15, 0.2) is 0 Å². The van der Waals surface area contributed by atoms with Gasteiger partial charge in [-0.25, -0.2) is 0 Å². The third-order valence-corrected chi connectivity index (χ3v) is 6.04. The molecule has 1 aromatic carbocycles. The molecule has 114 valence electrons. The summed E-state index contributed by atoms with van der Waals surface area (Å²) in [6, 6.07) is 9.98. The van der Waals surface area contributed by atoms with Gasteiger partial charge in [0.25, 0.3) is 0 Å². The van der Waals surface area contributed by atoms with Crippen LogP contribution >= 0.6 is 0 Å². The summed E-state index contributed by atoms with van der Waals surface area (Å²) < 4.78 is 5.63. The second kappa shape index (κ2) is 5.82. The normalized spacial score (nSPS) is 35.7. The third kappa shape index (κ3) is 2.86. The molecule has 21 heavy (non-hydrogen) atoms. The summed E-state index contributed by atoms with van der Waals surface area (Å²) in [7, 11) is 0. The van der Waals surface area contributed by atoms with Gasteiger partial charge in [-0.15, -0.1) is 0 Å². The van der Waals surface area contributed by atoms with E-state index in [4.69, 9.17) is 4.74 Å². The maximum absolute atomic E-state index is 12.2. The molecule has 0 radical (unpaired) electrons. The molecule has 2 aliphatic rings. The van der Waals surface area contributed by atoms with E-state index >= 15 is 0 Å². The molecular weight excluding hydrogens is 260 g/mol. The van der Waals surface area contributed by atoms with Gasteiger partial charge >= 0.3 is 5.97 Å². The van der Waals surface area contributed by atoms with Crippen LogP contribution in [-0.4, -0.2) is 5.97 Å². The number of fused-ring (bicyclic) bond motifs is 2. The van der Waals surface area contributed by atoms with Gasteiger partial charge in [0.05, 0.1) is 0 Å². The van der Waals surface area contributed by atoms with E-state index in [1.54, 1.807) is 0 Å². The van der Waals surface area contributed by atoms with Crippen molar-refractivity contribution in [2.45, 2.75) is 46.1 Å². The molecule has 0 aliphatic heterocycles. The van der Waals surface area contributed by atoms with Gasteiger partial charge < -0.3 is 4.74 Å². The predicted molar refractivity (Wildman–Crippen MR) is 83.6 cm³/mol. The van der Waals surface area contributed by atoms with Crippen LogP contribution in [0, 0.1) is 29.6 Å². The van der Waals surface area contributed by atoms with Crippen molar-refractivity contribution in [2.24, 2.45) is 29.6 Å². The van der Waals surface area contributed by atoms with Gasteiger partial charge in [-0.1, -0.05) is 44.2 Å². The Morgan fingerprint density at radius 2 is 1.90 bits per heavy atom. The summed E-state index contributed by atoms with van der Waals surface area (Å²) in [5.41, 5.74) is 1.07. The minimum atomic E-state index is -0.145. The number of carbonyl (C=O) groups excluding carboxylic acids is 1. The SMILES string of the molecule is CC(OC(=O)CC1CC2CC1C(C)C2C)c1ccccc1. The monoisotopic (exact) mass is 286 g/mol. The quantitative estimate of drug-likeness (QED) is 0.756. The van der Waals surface area contributed by atoms with E-state index < -0.39 is 0 Å². The highest BCUT2D eigenvalue weighted by Crippen LogP contribution is 2.55. The van der Waals surface area contributed by atoms with Crippen LogP contribution in [-0.2, 0) is 9.53 Å². The smallest absolute Gasteiger partial charge is 0.306 e. The summed E-state index contributed by atoms with van der Waals surface area (Å²) in [4.78, 5) is 12.2. The number of esters is 1. The molecule has 2 saturated carbocycles. The fraction of sp³-hybridized carbons (Fsp3) is 0.632. The molecule has 0 aromatic heterocycles. The second-order valence-corrected chi connectivity index (χ2v) is 7.12. The standard InChI is InChI=1S/C19H26O2/c1-12-13(2)18-10-16(12)9-17(18)11-19(20)21-14(3)15-7-5-4-6-8-15/h4-8,12-14,16-18H,9-11H2,1-3H3. The fourth-order valence-corrected chi connectivity index (χ4v) is 4.58. The summed E-state index contributed by atoms with van der Waals surface area (Å²) in [5, 5.41) is 0. The number of benzene rings is 1. The minimum Gasteiger partial charge on any atom is -0.458 e. The van der Waals surface area contributed by atoms with Crippen LogP contribution in [0.4, 0.5) is 0 Å². The first-order valence-corrected chi connectivity index (χ1v) is 8.30. The van der Waals surface area contributed by atoms with E-state index in [9.17, 15) is 4.79 Å². The maximum atomic E-state index is 12.2. The molecule has 0 spiro atoms. The summed E-state index contributed by atoms with van der Waals surface area (Å²) in [5.74, 6) is 3.72. The zero-order chi connectivity index (χ0) is 15.0. The minimum absolute atomic E-state index is 0.0243. The van der Waals surface area contributed by atoms with Gasteiger partial charge in [0.2, 0.25) is 0 Å². The van der Waals surface area contributed by atoms with Crippen molar-refractivity contribution in [1.82, 2.24) is 0 Å². The zero-order valence-electron chi connectivity index (χ0n) is 13.3. The van der Waals surface area contributed by atoms with Gasteiger partial charge in [0.1, 0.15) is 6.10 Å². The van der Waals surface area contributed by atoms with E-state index in [2.05, 4.69) is 13.8 Å². The molecule has 2 fully saturated rings. The Labute approximate surface area is 127 Å². The van der Waals surface area contributed by atoms with Crippen molar-refractivity contribution in [3.8, 4) is 0 Å². The number of rotatable bonds is 4. The van der Waals surface area contributed by atoms with E-state index in [0.29, 0.717) is 12.3 Å². The van der Waals surface area contributed by atoms with E-state index in [0.717, 1.165) is 29.2 Å². The molecule has 1 aromatic rings. The molecule has 0 heterocycles. The first-order chi connectivity index (χ1) is 10.1. The van der Waals surface area contributed by atoms with Crippen LogP contribution in [0.3, 0.4) is 0 Å². The molecule has 0 saturated heterocycles. The Morgan fingerprint density at radius 1 is 1.19 bits per heavy atom. The van der Waals surface area contributed by atoms with Gasteiger partial charge in [0, 0.05) is 6.42 Å². The van der Waals surface area contributed by atoms with Crippen LogP contribution in [0.1, 0.15) is 51.7 Å². The molecule has 2 nitrogen and oxygen atoms in total. The third-order valence-electron chi connectivity index (χ3n) is 6.04. The lowest BCUT2D eigenvalue weighted by atomic mass is 9.74. The van der Waals surface area contributed by atoms with Crippen LogP contribution in [0.2, 0.25) is 0 Å². The van der Waals surface area contributed by atoms with Crippen molar-refractivity contribution >= 4 is 5.97 Å². The highest BCUT2D eigenvalue weighted by molar-refractivity contribution is 5.70. The maximum Gasteiger partial charge on any atom is 0.306 e. The molecule has 6 atom stereocenters. The zero-order valence-corrected chi connectivity index (χ0v) is 13.3. The molecule has 6 unspecified atom stereocenters. The lowest BCUT2D eigenvalue weighted by Crippen LogP contribution is -2.26. The van der Waals surface area contributed by atoms with Crippen molar-refractivity contribution in [2.75, 3.05) is 0 Å². The molecule has 2 heteroatoms. The summed E-state index contributed by atoms with van der Waals surface area (Å²) in [6.07, 6.45) is 3.02. The molecule has 0 N–H and O–H groups in total. The van der Waals surface area contributed by atoms with E-state index in [-0.39, 0.29) is 12.1 Å². The average Bonchev–Trinajstić information content (AvgIpc) is 3.00. The van der Waals surface area contributed by atoms with Crippen molar-refractivity contribution in [3.63, 3.8) is 0 Å². The van der Waals surface area contributed by atoms with Crippen LogP contribution in [0.5, 0.6) is 0 Å². The van der Waals surface area contributed by atoms with Crippen molar-refractivity contribution < 1.29 is 9.53 Å². The van der Waals surface area contributed by atoms with Gasteiger partial charge in [-0.05, 0) is 54.9 Å². The van der Waals surface area contributed by atoms with Gasteiger partial charge in [-0.3, -0.25) is 4.79 Å². The van der Waals surface area contributed by atoms with Crippen molar-refractivity contribution in [3.05, 3.63) is 35.9 Å². The van der Waals surface area contributed by atoms with Crippen molar-refractivity contribution in [1.29, 1.82) is 0 Å². The molecule has 0 amide bonds. The van der Waals surface area contributed by atoms with E-state index in [1.165, 1.54) is 12.8 Å². The van der Waals surface area contributed by atoms with Gasteiger partial charge in [-0.2, -0.15) is 0 Å². The largest absolute Gasteiger partial charge is 0.458 e. The number of hydrogen-bond acceptors (Lipinski definition) is 2. The lowest BCUT2D eigenvalue weighted by molar-refractivity contribution is -0.150.